The summed E-state index contributed by atoms with van der Waals surface area (Å²) in [6.07, 6.45) is -1.38. The van der Waals surface area contributed by atoms with Crippen LogP contribution in [0.25, 0.3) is 5.65 Å². The molecule has 7 nitrogen and oxygen atoms in total. The minimum Gasteiger partial charge on any atom is -0.221 e. The molecule has 0 aromatic carbocycles. The molecule has 0 aliphatic carbocycles. The first-order valence-corrected chi connectivity index (χ1v) is 10.7. The number of rotatable bonds is 3. The Morgan fingerprint density at radius 3 is 2.54 bits per heavy atom. The number of aromatic nitrogens is 4. The second-order valence-corrected chi connectivity index (χ2v) is 9.64. The fraction of sp³-hybridized carbons (Fsp3) is 0.438. The number of hydrogen-bond donors (Lipinski definition) is 0. The van der Waals surface area contributed by atoms with Gasteiger partial charge in [0.2, 0.25) is 0 Å². The molecule has 3 aromatic heterocycles. The maximum Gasteiger partial charge on any atom is 0.416 e. The molecule has 1 saturated heterocycles. The molecule has 0 bridgehead atoms. The Balaban J connectivity index is 1.60. The molecule has 0 N–H and O–H groups in total. The van der Waals surface area contributed by atoms with Gasteiger partial charge in [-0.15, -0.1) is 0 Å². The van der Waals surface area contributed by atoms with Crippen molar-refractivity contribution in [1.82, 2.24) is 23.3 Å². The highest BCUT2D eigenvalue weighted by Crippen LogP contribution is 2.40. The monoisotopic (exact) mass is 431 g/mol. The molecule has 0 saturated carbocycles. The Hall–Kier alpha value is -2.05. The van der Waals surface area contributed by atoms with E-state index in [0.29, 0.717) is 18.5 Å². The molecule has 28 heavy (non-hydrogen) atoms. The number of halogens is 3. The highest BCUT2D eigenvalue weighted by molar-refractivity contribution is 7.91. The number of aryl methyl sites for hydroxylation is 1. The van der Waals surface area contributed by atoms with Crippen LogP contribution in [0.2, 0.25) is 0 Å². The average molecular weight is 431 g/mol. The lowest BCUT2D eigenvalue weighted by Crippen LogP contribution is -2.38. The Bertz CT molecular complexity index is 1110. The summed E-state index contributed by atoms with van der Waals surface area (Å²) >= 11 is 0.909. The van der Waals surface area contributed by atoms with E-state index in [2.05, 4.69) is 14.5 Å². The Labute approximate surface area is 163 Å². The van der Waals surface area contributed by atoms with Crippen LogP contribution in [0, 0.1) is 6.92 Å². The SMILES string of the molecule is Cc1cc(S(=O)(=O)N2CCC(c3cn4ncnc4cc3C(F)(F)F)CC2)sn1. The van der Waals surface area contributed by atoms with Gasteiger partial charge in [-0.3, -0.25) is 0 Å². The number of pyridine rings is 1. The van der Waals surface area contributed by atoms with Gasteiger partial charge in [0.05, 0.1) is 11.3 Å². The van der Waals surface area contributed by atoms with Crippen LogP contribution in [0.1, 0.15) is 35.6 Å². The highest BCUT2D eigenvalue weighted by atomic mass is 32.2. The van der Waals surface area contributed by atoms with Crippen LogP contribution >= 0.6 is 11.5 Å². The number of nitrogens with zero attached hydrogens (tertiary/aromatic N) is 5. The predicted octanol–water partition coefficient (Wildman–Crippen LogP) is 3.08. The van der Waals surface area contributed by atoms with Crippen LogP contribution in [0.5, 0.6) is 0 Å². The molecule has 0 atom stereocenters. The zero-order valence-corrected chi connectivity index (χ0v) is 16.4. The Morgan fingerprint density at radius 1 is 1.21 bits per heavy atom. The van der Waals surface area contributed by atoms with Crippen molar-refractivity contribution in [3.05, 3.63) is 41.5 Å². The van der Waals surface area contributed by atoms with Gasteiger partial charge in [0.15, 0.2) is 9.86 Å². The molecule has 4 rings (SSSR count). The molecule has 4 heterocycles. The molecule has 0 unspecified atom stereocenters. The molecule has 12 heteroatoms. The summed E-state index contributed by atoms with van der Waals surface area (Å²) < 4.78 is 72.9. The van der Waals surface area contributed by atoms with Gasteiger partial charge in [0, 0.05) is 19.3 Å². The fourth-order valence-corrected chi connectivity index (χ4v) is 6.02. The molecular weight excluding hydrogens is 415 g/mol. The molecule has 150 valence electrons. The molecule has 0 radical (unpaired) electrons. The van der Waals surface area contributed by atoms with E-state index >= 15 is 0 Å². The standard InChI is InChI=1S/C16H16F3N5O2S2/c1-10-6-15(27-22-10)28(25,26)23-4-2-11(3-5-23)12-8-24-14(20-9-21-24)7-13(12)16(17,18)19/h6-9,11H,2-5H2,1H3. The minimum atomic E-state index is -4.52. The number of sulfonamides is 1. The van der Waals surface area contributed by atoms with Gasteiger partial charge in [-0.05, 0) is 54.9 Å². The molecule has 3 aromatic rings. The average Bonchev–Trinajstić information content (AvgIpc) is 3.28. The van der Waals surface area contributed by atoms with E-state index in [1.807, 2.05) is 0 Å². The second-order valence-electron chi connectivity index (χ2n) is 6.67. The van der Waals surface area contributed by atoms with E-state index in [1.54, 1.807) is 6.92 Å². The van der Waals surface area contributed by atoms with E-state index in [9.17, 15) is 21.6 Å². The van der Waals surface area contributed by atoms with Gasteiger partial charge < -0.3 is 0 Å². The molecule has 1 aliphatic rings. The lowest BCUT2D eigenvalue weighted by atomic mass is 9.88. The second kappa shape index (κ2) is 6.78. The van der Waals surface area contributed by atoms with Crippen LogP contribution in [0.15, 0.2) is 28.9 Å². The zero-order valence-electron chi connectivity index (χ0n) is 14.7. The first kappa shape index (κ1) is 19.3. The third-order valence-corrected chi connectivity index (χ3v) is 8.05. The molecular formula is C16H16F3N5O2S2. The normalized spacial score (nSPS) is 17.4. The van der Waals surface area contributed by atoms with Crippen LogP contribution in [-0.2, 0) is 16.2 Å². The number of hydrogen-bond acceptors (Lipinski definition) is 6. The van der Waals surface area contributed by atoms with E-state index in [1.165, 1.54) is 27.4 Å². The van der Waals surface area contributed by atoms with Gasteiger partial charge in [0.25, 0.3) is 10.0 Å². The summed E-state index contributed by atoms with van der Waals surface area (Å²) in [6.45, 7) is 2.01. The van der Waals surface area contributed by atoms with Gasteiger partial charge in [-0.2, -0.15) is 26.9 Å². The van der Waals surface area contributed by atoms with Crippen molar-refractivity contribution in [3.8, 4) is 0 Å². The van der Waals surface area contributed by atoms with Crippen molar-refractivity contribution >= 4 is 27.2 Å². The Kier molecular flexibility index (Phi) is 4.67. The maximum atomic E-state index is 13.6. The van der Waals surface area contributed by atoms with Crippen LogP contribution in [-0.4, -0.2) is 44.8 Å². The van der Waals surface area contributed by atoms with Gasteiger partial charge >= 0.3 is 6.18 Å². The van der Waals surface area contributed by atoms with Crippen molar-refractivity contribution in [2.45, 2.75) is 36.1 Å². The summed E-state index contributed by atoms with van der Waals surface area (Å²) in [5.41, 5.74) is 0.120. The fourth-order valence-electron chi connectivity index (χ4n) is 3.44. The van der Waals surface area contributed by atoms with E-state index < -0.39 is 27.7 Å². The zero-order chi connectivity index (χ0) is 20.1. The summed E-state index contributed by atoms with van der Waals surface area (Å²) in [5, 5.41) is 3.92. The summed E-state index contributed by atoms with van der Waals surface area (Å²) in [4.78, 5) is 3.82. The molecule has 1 fully saturated rings. The van der Waals surface area contributed by atoms with E-state index in [-0.39, 0.29) is 28.5 Å². The van der Waals surface area contributed by atoms with E-state index in [4.69, 9.17) is 0 Å². The van der Waals surface area contributed by atoms with Crippen LogP contribution in [0.3, 0.4) is 0 Å². The smallest absolute Gasteiger partial charge is 0.221 e. The maximum absolute atomic E-state index is 13.6. The van der Waals surface area contributed by atoms with Crippen molar-refractivity contribution in [3.63, 3.8) is 0 Å². The molecule has 1 aliphatic heterocycles. The molecule has 0 amide bonds. The van der Waals surface area contributed by atoms with Crippen molar-refractivity contribution in [2.75, 3.05) is 13.1 Å². The largest absolute Gasteiger partial charge is 0.416 e. The number of fused-ring (bicyclic) bond motifs is 1. The number of alkyl halides is 3. The van der Waals surface area contributed by atoms with Gasteiger partial charge in [0.1, 0.15) is 6.33 Å². The van der Waals surface area contributed by atoms with Gasteiger partial charge in [-0.25, -0.2) is 17.9 Å². The third-order valence-electron chi connectivity index (χ3n) is 4.85. The van der Waals surface area contributed by atoms with Crippen LogP contribution in [0.4, 0.5) is 13.2 Å². The quantitative estimate of drug-likeness (QED) is 0.637. The summed E-state index contributed by atoms with van der Waals surface area (Å²) in [7, 11) is -3.67. The topological polar surface area (TPSA) is 80.5 Å². The first-order valence-electron chi connectivity index (χ1n) is 8.50. The lowest BCUT2D eigenvalue weighted by molar-refractivity contribution is -0.138. The highest BCUT2D eigenvalue weighted by Gasteiger charge is 2.38. The van der Waals surface area contributed by atoms with E-state index in [0.717, 1.165) is 17.6 Å². The molecule has 0 spiro atoms. The van der Waals surface area contributed by atoms with Crippen molar-refractivity contribution in [2.24, 2.45) is 0 Å². The van der Waals surface area contributed by atoms with Gasteiger partial charge in [-0.1, -0.05) is 0 Å². The van der Waals surface area contributed by atoms with Crippen LogP contribution < -0.4 is 0 Å². The number of piperidine rings is 1. The van der Waals surface area contributed by atoms with Crippen molar-refractivity contribution < 1.29 is 21.6 Å². The summed E-state index contributed by atoms with van der Waals surface area (Å²) in [5.74, 6) is -0.417. The third kappa shape index (κ3) is 3.40. The lowest BCUT2D eigenvalue weighted by Gasteiger charge is -2.32. The van der Waals surface area contributed by atoms with Crippen molar-refractivity contribution in [1.29, 1.82) is 0 Å². The Morgan fingerprint density at radius 2 is 1.93 bits per heavy atom. The first-order chi connectivity index (χ1) is 13.2. The minimum absolute atomic E-state index is 0.121. The predicted molar refractivity (Wildman–Crippen MR) is 95.6 cm³/mol. The summed E-state index contributed by atoms with van der Waals surface area (Å²) in [6, 6.07) is 2.50.